The summed E-state index contributed by atoms with van der Waals surface area (Å²) in [5.41, 5.74) is 5.01. The maximum Gasteiger partial charge on any atom is 0.272 e. The Labute approximate surface area is 252 Å². The number of thiazole rings is 1. The fourth-order valence-electron chi connectivity index (χ4n) is 3.99. The molecule has 0 radical (unpaired) electrons. The highest BCUT2D eigenvalue weighted by Crippen LogP contribution is 2.27. The number of anilines is 2. The molecule has 1 aromatic heterocycles. The summed E-state index contributed by atoms with van der Waals surface area (Å²) in [7, 11) is 0. The zero-order valence-electron chi connectivity index (χ0n) is 23.0. The molecule has 3 amide bonds. The number of hydrogen-bond donors (Lipinski definition) is 3. The molecule has 0 fully saturated rings. The van der Waals surface area contributed by atoms with E-state index in [1.54, 1.807) is 42.5 Å². The SMILES string of the molecule is Cc1ccc(/C=C(\NC(=O)c2ccccc2)C(=O)Nc2ccc(SCC(=O)Nc3nc4ccc(C)cc4s3)cc2)cc1. The van der Waals surface area contributed by atoms with Gasteiger partial charge in [0, 0.05) is 16.1 Å². The highest BCUT2D eigenvalue weighted by Gasteiger charge is 2.15. The largest absolute Gasteiger partial charge is 0.321 e. The van der Waals surface area contributed by atoms with E-state index in [4.69, 9.17) is 0 Å². The van der Waals surface area contributed by atoms with E-state index in [-0.39, 0.29) is 23.3 Å². The zero-order chi connectivity index (χ0) is 29.5. The third-order valence-electron chi connectivity index (χ3n) is 6.19. The number of carbonyl (C=O) groups excluding carboxylic acids is 3. The maximum atomic E-state index is 13.3. The van der Waals surface area contributed by atoms with Crippen LogP contribution in [-0.4, -0.2) is 28.5 Å². The quantitative estimate of drug-likeness (QED) is 0.126. The summed E-state index contributed by atoms with van der Waals surface area (Å²) >= 11 is 2.83. The first kappa shape index (κ1) is 28.8. The molecule has 3 N–H and O–H groups in total. The predicted molar refractivity (Wildman–Crippen MR) is 172 cm³/mol. The van der Waals surface area contributed by atoms with Gasteiger partial charge in [-0.3, -0.25) is 14.4 Å². The van der Waals surface area contributed by atoms with Crippen molar-refractivity contribution in [3.8, 4) is 0 Å². The van der Waals surface area contributed by atoms with Crippen molar-refractivity contribution in [3.05, 3.63) is 125 Å². The number of benzene rings is 4. The third-order valence-corrected chi connectivity index (χ3v) is 8.14. The van der Waals surface area contributed by atoms with Crippen LogP contribution in [-0.2, 0) is 9.59 Å². The molecule has 42 heavy (non-hydrogen) atoms. The molecular weight excluding hydrogens is 565 g/mol. The molecule has 7 nitrogen and oxygen atoms in total. The van der Waals surface area contributed by atoms with Crippen LogP contribution in [0.3, 0.4) is 0 Å². The summed E-state index contributed by atoms with van der Waals surface area (Å²) in [5, 5.41) is 9.05. The fraction of sp³-hybridized carbons (Fsp3) is 0.0909. The van der Waals surface area contributed by atoms with E-state index in [9.17, 15) is 14.4 Å². The number of nitrogens with zero attached hydrogens (tertiary/aromatic N) is 1. The number of fused-ring (bicyclic) bond motifs is 1. The Morgan fingerprint density at radius 3 is 2.29 bits per heavy atom. The van der Waals surface area contributed by atoms with Gasteiger partial charge < -0.3 is 16.0 Å². The molecule has 0 aliphatic heterocycles. The average Bonchev–Trinajstić information content (AvgIpc) is 3.39. The Hall–Kier alpha value is -4.73. The summed E-state index contributed by atoms with van der Waals surface area (Å²) in [6.45, 7) is 4.01. The van der Waals surface area contributed by atoms with Gasteiger partial charge in [0.25, 0.3) is 11.8 Å². The van der Waals surface area contributed by atoms with Gasteiger partial charge in [-0.05, 0) is 79.6 Å². The Morgan fingerprint density at radius 2 is 1.55 bits per heavy atom. The molecule has 4 aromatic carbocycles. The Balaban J connectivity index is 1.20. The predicted octanol–water partition coefficient (Wildman–Crippen LogP) is 7.05. The van der Waals surface area contributed by atoms with Crippen LogP contribution in [0.2, 0.25) is 0 Å². The van der Waals surface area contributed by atoms with Crippen molar-refractivity contribution in [3.63, 3.8) is 0 Å². The fourth-order valence-corrected chi connectivity index (χ4v) is 5.67. The van der Waals surface area contributed by atoms with Crippen LogP contribution >= 0.6 is 23.1 Å². The second-order valence-electron chi connectivity index (χ2n) is 9.59. The van der Waals surface area contributed by atoms with Crippen LogP contribution in [0.15, 0.2) is 108 Å². The van der Waals surface area contributed by atoms with Gasteiger partial charge in [0.05, 0.1) is 16.0 Å². The lowest BCUT2D eigenvalue weighted by Crippen LogP contribution is -2.30. The number of aromatic nitrogens is 1. The minimum absolute atomic E-state index is 0.118. The molecule has 210 valence electrons. The van der Waals surface area contributed by atoms with E-state index in [2.05, 4.69) is 27.0 Å². The highest BCUT2D eigenvalue weighted by atomic mass is 32.2. The molecule has 1 heterocycles. The van der Waals surface area contributed by atoms with Crippen molar-refractivity contribution in [2.45, 2.75) is 18.7 Å². The number of nitrogens with one attached hydrogen (secondary N) is 3. The number of amides is 3. The number of aryl methyl sites for hydroxylation is 2. The number of thioether (sulfide) groups is 1. The number of hydrogen-bond acceptors (Lipinski definition) is 6. The monoisotopic (exact) mass is 592 g/mol. The third kappa shape index (κ3) is 7.72. The highest BCUT2D eigenvalue weighted by molar-refractivity contribution is 8.00. The maximum absolute atomic E-state index is 13.3. The van der Waals surface area contributed by atoms with E-state index >= 15 is 0 Å². The Morgan fingerprint density at radius 1 is 0.833 bits per heavy atom. The van der Waals surface area contributed by atoms with Crippen molar-refractivity contribution < 1.29 is 14.4 Å². The van der Waals surface area contributed by atoms with Gasteiger partial charge in [-0.25, -0.2) is 4.98 Å². The summed E-state index contributed by atoms with van der Waals surface area (Å²) in [5.74, 6) is -0.760. The number of carbonyl (C=O) groups is 3. The second-order valence-corrected chi connectivity index (χ2v) is 11.7. The molecule has 5 rings (SSSR count). The van der Waals surface area contributed by atoms with E-state index in [1.165, 1.54) is 23.1 Å². The van der Waals surface area contributed by atoms with E-state index < -0.39 is 5.91 Å². The molecule has 0 aliphatic carbocycles. The first-order valence-electron chi connectivity index (χ1n) is 13.2. The van der Waals surface area contributed by atoms with Gasteiger partial charge in [0.1, 0.15) is 5.70 Å². The van der Waals surface area contributed by atoms with Gasteiger partial charge in [-0.1, -0.05) is 65.4 Å². The van der Waals surface area contributed by atoms with Gasteiger partial charge in [-0.2, -0.15) is 0 Å². The molecule has 0 spiro atoms. The van der Waals surface area contributed by atoms with Crippen LogP contribution in [0.25, 0.3) is 16.3 Å². The van der Waals surface area contributed by atoms with E-state index in [0.717, 1.165) is 31.8 Å². The Kier molecular flexibility index (Phi) is 9.11. The summed E-state index contributed by atoms with van der Waals surface area (Å²) in [6, 6.07) is 29.6. The Bertz CT molecular complexity index is 1760. The van der Waals surface area contributed by atoms with E-state index in [1.807, 2.05) is 68.4 Å². The normalized spacial score (nSPS) is 11.2. The van der Waals surface area contributed by atoms with Gasteiger partial charge in [-0.15, -0.1) is 11.8 Å². The lowest BCUT2D eigenvalue weighted by atomic mass is 10.1. The van der Waals surface area contributed by atoms with Crippen molar-refractivity contribution in [2.24, 2.45) is 0 Å². The molecule has 0 unspecified atom stereocenters. The van der Waals surface area contributed by atoms with Crippen LogP contribution in [0.1, 0.15) is 27.0 Å². The lowest BCUT2D eigenvalue weighted by molar-refractivity contribution is -0.114. The van der Waals surface area contributed by atoms with Gasteiger partial charge >= 0.3 is 0 Å². The summed E-state index contributed by atoms with van der Waals surface area (Å²) in [6.07, 6.45) is 1.64. The minimum Gasteiger partial charge on any atom is -0.321 e. The minimum atomic E-state index is -0.453. The smallest absolute Gasteiger partial charge is 0.272 e. The molecule has 0 bridgehead atoms. The van der Waals surface area contributed by atoms with E-state index in [0.29, 0.717) is 16.4 Å². The average molecular weight is 593 g/mol. The van der Waals surface area contributed by atoms with Crippen molar-refractivity contribution in [1.82, 2.24) is 10.3 Å². The van der Waals surface area contributed by atoms with Crippen molar-refractivity contribution in [2.75, 3.05) is 16.4 Å². The molecule has 0 saturated carbocycles. The summed E-state index contributed by atoms with van der Waals surface area (Å²) < 4.78 is 1.03. The van der Waals surface area contributed by atoms with Crippen LogP contribution in [0.5, 0.6) is 0 Å². The van der Waals surface area contributed by atoms with Crippen molar-refractivity contribution >= 4 is 67.9 Å². The molecular formula is C33H28N4O3S2. The summed E-state index contributed by atoms with van der Waals surface area (Å²) in [4.78, 5) is 43.9. The van der Waals surface area contributed by atoms with Crippen LogP contribution in [0, 0.1) is 13.8 Å². The van der Waals surface area contributed by atoms with Gasteiger partial charge in [0.15, 0.2) is 5.13 Å². The molecule has 9 heteroatoms. The van der Waals surface area contributed by atoms with Crippen LogP contribution < -0.4 is 16.0 Å². The lowest BCUT2D eigenvalue weighted by Gasteiger charge is -2.12. The topological polar surface area (TPSA) is 100 Å². The second kappa shape index (κ2) is 13.3. The molecule has 0 saturated heterocycles. The first-order chi connectivity index (χ1) is 20.3. The molecule has 5 aromatic rings. The molecule has 0 atom stereocenters. The standard InChI is InChI=1S/C33H28N4O3S2/c1-21-8-11-23(12-9-21)19-28(35-31(39)24-6-4-3-5-7-24)32(40)34-25-13-15-26(16-14-25)41-20-30(38)37-33-36-27-17-10-22(2)18-29(27)42-33/h3-19H,20H2,1-2H3,(H,34,40)(H,35,39)(H,36,37,38)/b28-19-. The first-order valence-corrected chi connectivity index (χ1v) is 15.0. The molecule has 0 aliphatic rings. The van der Waals surface area contributed by atoms with Crippen molar-refractivity contribution in [1.29, 1.82) is 0 Å². The number of rotatable bonds is 9. The van der Waals surface area contributed by atoms with Gasteiger partial charge in [0.2, 0.25) is 5.91 Å². The van der Waals surface area contributed by atoms with Crippen LogP contribution in [0.4, 0.5) is 10.8 Å². The zero-order valence-corrected chi connectivity index (χ0v) is 24.6.